The third-order valence-corrected chi connectivity index (χ3v) is 5.07. The van der Waals surface area contributed by atoms with Gasteiger partial charge in [-0.3, -0.25) is 9.48 Å². The van der Waals surface area contributed by atoms with Gasteiger partial charge in [0.15, 0.2) is 11.4 Å². The van der Waals surface area contributed by atoms with Crippen LogP contribution in [0, 0.1) is 6.92 Å². The minimum Gasteiger partial charge on any atom is -0.463 e. The van der Waals surface area contributed by atoms with E-state index < -0.39 is 0 Å². The molecular formula is C23H24N4O2. The highest BCUT2D eigenvalue weighted by atomic mass is 16.3. The van der Waals surface area contributed by atoms with Crippen LogP contribution in [-0.2, 0) is 13.5 Å². The van der Waals surface area contributed by atoms with Crippen LogP contribution in [0.15, 0.2) is 59.2 Å². The second kappa shape index (κ2) is 7.91. The number of carbonyl (C=O) groups is 1. The number of hydrogen-bond donors (Lipinski definition) is 1. The van der Waals surface area contributed by atoms with Gasteiger partial charge in [-0.1, -0.05) is 30.3 Å². The zero-order valence-corrected chi connectivity index (χ0v) is 16.8. The van der Waals surface area contributed by atoms with E-state index in [1.165, 1.54) is 5.56 Å². The SMILES string of the molecule is Cc1nn(C)c2nc(-c3ccco3)cc(C(=O)NC(C)CCc3ccccc3)c12. The number of furan rings is 1. The Bertz CT molecular complexity index is 1130. The van der Waals surface area contributed by atoms with Crippen molar-refractivity contribution in [1.29, 1.82) is 0 Å². The number of fused-ring (bicyclic) bond motifs is 1. The van der Waals surface area contributed by atoms with Crippen LogP contribution in [0.2, 0.25) is 0 Å². The lowest BCUT2D eigenvalue weighted by Gasteiger charge is -2.15. The van der Waals surface area contributed by atoms with Gasteiger partial charge in [-0.25, -0.2) is 4.98 Å². The van der Waals surface area contributed by atoms with E-state index in [1.807, 2.05) is 45.2 Å². The first-order chi connectivity index (χ1) is 14.0. The molecule has 0 saturated carbocycles. The number of rotatable bonds is 6. The summed E-state index contributed by atoms with van der Waals surface area (Å²) in [6, 6.07) is 15.8. The molecule has 0 radical (unpaired) electrons. The number of aromatic nitrogens is 3. The van der Waals surface area contributed by atoms with Crippen molar-refractivity contribution in [3.05, 3.63) is 71.6 Å². The van der Waals surface area contributed by atoms with Crippen LogP contribution >= 0.6 is 0 Å². The van der Waals surface area contributed by atoms with Gasteiger partial charge in [-0.2, -0.15) is 5.10 Å². The van der Waals surface area contributed by atoms with Crippen LogP contribution in [0.4, 0.5) is 0 Å². The molecule has 0 spiro atoms. The quantitative estimate of drug-likeness (QED) is 0.535. The van der Waals surface area contributed by atoms with E-state index in [0.29, 0.717) is 22.7 Å². The maximum atomic E-state index is 13.2. The van der Waals surface area contributed by atoms with Gasteiger partial charge in [0.2, 0.25) is 0 Å². The summed E-state index contributed by atoms with van der Waals surface area (Å²) in [5.41, 5.74) is 3.90. The Morgan fingerprint density at radius 1 is 1.21 bits per heavy atom. The molecule has 4 aromatic rings. The number of amides is 1. The average molecular weight is 388 g/mol. The smallest absolute Gasteiger partial charge is 0.252 e. The molecule has 3 heterocycles. The number of aryl methyl sites for hydroxylation is 3. The van der Waals surface area contributed by atoms with E-state index in [9.17, 15) is 4.79 Å². The first-order valence-corrected chi connectivity index (χ1v) is 9.76. The van der Waals surface area contributed by atoms with Crippen molar-refractivity contribution < 1.29 is 9.21 Å². The summed E-state index contributed by atoms with van der Waals surface area (Å²) in [6.45, 7) is 3.93. The number of pyridine rings is 1. The van der Waals surface area contributed by atoms with Crippen molar-refractivity contribution in [1.82, 2.24) is 20.1 Å². The van der Waals surface area contributed by atoms with E-state index in [1.54, 1.807) is 23.1 Å². The monoisotopic (exact) mass is 388 g/mol. The predicted molar refractivity (Wildman–Crippen MR) is 113 cm³/mol. The second-order valence-electron chi connectivity index (χ2n) is 7.34. The minimum absolute atomic E-state index is 0.0370. The summed E-state index contributed by atoms with van der Waals surface area (Å²) in [5.74, 6) is 0.499. The molecule has 6 heteroatoms. The second-order valence-corrected chi connectivity index (χ2v) is 7.34. The maximum absolute atomic E-state index is 13.2. The van der Waals surface area contributed by atoms with Gasteiger partial charge >= 0.3 is 0 Å². The fourth-order valence-corrected chi connectivity index (χ4v) is 3.58. The molecule has 1 aromatic carbocycles. The Morgan fingerprint density at radius 3 is 2.72 bits per heavy atom. The Morgan fingerprint density at radius 2 is 2.00 bits per heavy atom. The van der Waals surface area contributed by atoms with Gasteiger partial charge in [0, 0.05) is 13.1 Å². The Kier molecular flexibility index (Phi) is 5.16. The van der Waals surface area contributed by atoms with Gasteiger partial charge in [0.25, 0.3) is 5.91 Å². The fraction of sp³-hybridized carbons (Fsp3) is 0.261. The first-order valence-electron chi connectivity index (χ1n) is 9.76. The van der Waals surface area contributed by atoms with Gasteiger partial charge in [0.05, 0.1) is 22.9 Å². The lowest BCUT2D eigenvalue weighted by molar-refractivity contribution is 0.0940. The maximum Gasteiger partial charge on any atom is 0.252 e. The predicted octanol–water partition coefficient (Wildman–Crippen LogP) is 4.29. The lowest BCUT2D eigenvalue weighted by Crippen LogP contribution is -2.33. The fourth-order valence-electron chi connectivity index (χ4n) is 3.58. The van der Waals surface area contributed by atoms with E-state index >= 15 is 0 Å². The number of nitrogens with one attached hydrogen (secondary N) is 1. The minimum atomic E-state index is -0.123. The molecule has 0 aliphatic heterocycles. The first kappa shape index (κ1) is 18.9. The van der Waals surface area contributed by atoms with E-state index in [-0.39, 0.29) is 11.9 Å². The van der Waals surface area contributed by atoms with Crippen LogP contribution in [0.3, 0.4) is 0 Å². The number of carbonyl (C=O) groups excluding carboxylic acids is 1. The van der Waals surface area contributed by atoms with Crippen LogP contribution < -0.4 is 5.32 Å². The van der Waals surface area contributed by atoms with Gasteiger partial charge in [-0.15, -0.1) is 0 Å². The van der Waals surface area contributed by atoms with Crippen molar-refractivity contribution >= 4 is 16.9 Å². The Balaban J connectivity index is 1.61. The highest BCUT2D eigenvalue weighted by Gasteiger charge is 2.21. The molecule has 0 aliphatic carbocycles. The zero-order chi connectivity index (χ0) is 20.4. The molecule has 6 nitrogen and oxygen atoms in total. The van der Waals surface area contributed by atoms with Crippen molar-refractivity contribution in [3.8, 4) is 11.5 Å². The summed E-state index contributed by atoms with van der Waals surface area (Å²) < 4.78 is 7.20. The van der Waals surface area contributed by atoms with Gasteiger partial charge < -0.3 is 9.73 Å². The molecule has 0 fully saturated rings. The molecule has 0 bridgehead atoms. The number of benzene rings is 1. The third kappa shape index (κ3) is 3.92. The Labute approximate surface area is 169 Å². The zero-order valence-electron chi connectivity index (χ0n) is 16.8. The summed E-state index contributed by atoms with van der Waals surface area (Å²) in [7, 11) is 1.83. The molecule has 1 unspecified atom stereocenters. The molecule has 3 aromatic heterocycles. The van der Waals surface area contributed by atoms with E-state index in [0.717, 1.165) is 23.9 Å². The van der Waals surface area contributed by atoms with Crippen molar-refractivity contribution in [2.45, 2.75) is 32.7 Å². The van der Waals surface area contributed by atoms with Gasteiger partial charge in [-0.05, 0) is 50.5 Å². The van der Waals surface area contributed by atoms with Crippen LogP contribution in [0.25, 0.3) is 22.5 Å². The van der Waals surface area contributed by atoms with E-state index in [4.69, 9.17) is 4.42 Å². The van der Waals surface area contributed by atoms with Crippen molar-refractivity contribution in [2.24, 2.45) is 7.05 Å². The molecule has 0 aliphatic rings. The largest absolute Gasteiger partial charge is 0.463 e. The molecule has 148 valence electrons. The highest BCUT2D eigenvalue weighted by molar-refractivity contribution is 6.07. The highest BCUT2D eigenvalue weighted by Crippen LogP contribution is 2.27. The third-order valence-electron chi connectivity index (χ3n) is 5.07. The summed E-state index contributed by atoms with van der Waals surface area (Å²) >= 11 is 0. The Hall–Kier alpha value is -3.41. The van der Waals surface area contributed by atoms with Crippen LogP contribution in [0.5, 0.6) is 0 Å². The molecular weight excluding hydrogens is 364 g/mol. The standard InChI is InChI=1S/C23H24N4O2/c1-15(11-12-17-8-5-4-6-9-17)24-23(28)18-14-19(20-10-7-13-29-20)25-22-21(18)16(2)26-27(22)3/h4-10,13-15H,11-12H2,1-3H3,(H,24,28). The summed E-state index contributed by atoms with van der Waals surface area (Å²) in [4.78, 5) is 17.8. The average Bonchev–Trinajstić information content (AvgIpc) is 3.35. The van der Waals surface area contributed by atoms with Crippen molar-refractivity contribution in [3.63, 3.8) is 0 Å². The molecule has 1 N–H and O–H groups in total. The summed E-state index contributed by atoms with van der Waals surface area (Å²) in [6.07, 6.45) is 3.37. The van der Waals surface area contributed by atoms with Crippen molar-refractivity contribution in [2.75, 3.05) is 0 Å². The molecule has 1 amide bonds. The van der Waals surface area contributed by atoms with Crippen LogP contribution in [0.1, 0.15) is 35.0 Å². The summed E-state index contributed by atoms with van der Waals surface area (Å²) in [5, 5.41) is 8.36. The number of hydrogen-bond acceptors (Lipinski definition) is 4. The normalized spacial score (nSPS) is 12.2. The topological polar surface area (TPSA) is 73.0 Å². The van der Waals surface area contributed by atoms with E-state index in [2.05, 4.69) is 27.5 Å². The molecule has 4 rings (SSSR count). The molecule has 0 saturated heterocycles. The molecule has 1 atom stereocenters. The number of nitrogens with zero attached hydrogens (tertiary/aromatic N) is 3. The van der Waals surface area contributed by atoms with Crippen LogP contribution in [-0.4, -0.2) is 26.7 Å². The molecule has 29 heavy (non-hydrogen) atoms. The lowest BCUT2D eigenvalue weighted by atomic mass is 10.0. The van der Waals surface area contributed by atoms with Gasteiger partial charge in [0.1, 0.15) is 5.69 Å².